The zero-order valence-electron chi connectivity index (χ0n) is 14.8. The zero-order chi connectivity index (χ0) is 18.6. The normalized spacial score (nSPS) is 13.9. The highest BCUT2D eigenvalue weighted by atomic mass is 16.5. The topological polar surface area (TPSA) is 93.4 Å². The minimum absolute atomic E-state index is 0.0548. The first-order chi connectivity index (χ1) is 13.2. The number of ether oxygens (including phenoxy) is 1. The Bertz CT molecular complexity index is 905. The van der Waals surface area contributed by atoms with E-state index in [0.29, 0.717) is 31.4 Å². The minimum atomic E-state index is -0.149. The molecule has 1 saturated heterocycles. The number of nitrogens with zero attached hydrogens (tertiary/aromatic N) is 4. The number of urea groups is 1. The van der Waals surface area contributed by atoms with Crippen molar-refractivity contribution in [3.05, 3.63) is 54.7 Å². The quantitative estimate of drug-likeness (QED) is 0.746. The highest BCUT2D eigenvalue weighted by Crippen LogP contribution is 2.28. The van der Waals surface area contributed by atoms with Gasteiger partial charge in [0.15, 0.2) is 0 Å². The Morgan fingerprint density at radius 1 is 1.22 bits per heavy atom. The number of aromatic nitrogens is 3. The molecule has 3 aromatic rings. The van der Waals surface area contributed by atoms with Crippen LogP contribution in [0.3, 0.4) is 0 Å². The molecule has 0 radical (unpaired) electrons. The van der Waals surface area contributed by atoms with Crippen molar-refractivity contribution in [2.45, 2.75) is 12.8 Å². The van der Waals surface area contributed by atoms with E-state index < -0.39 is 0 Å². The van der Waals surface area contributed by atoms with Crippen LogP contribution in [-0.2, 0) is 0 Å². The first-order valence-corrected chi connectivity index (χ1v) is 8.75. The Kier molecular flexibility index (Phi) is 4.69. The van der Waals surface area contributed by atoms with Gasteiger partial charge in [0.05, 0.1) is 12.5 Å². The molecule has 0 bridgehead atoms. The van der Waals surface area contributed by atoms with Crippen molar-refractivity contribution in [2.75, 3.05) is 25.0 Å². The van der Waals surface area contributed by atoms with Gasteiger partial charge in [0.1, 0.15) is 5.75 Å². The summed E-state index contributed by atoms with van der Waals surface area (Å²) in [5.74, 6) is 1.91. The molecule has 1 aromatic carbocycles. The van der Waals surface area contributed by atoms with Gasteiger partial charge in [-0.25, -0.2) is 4.79 Å². The van der Waals surface area contributed by atoms with Crippen LogP contribution >= 0.6 is 0 Å². The molecular formula is C19H19N5O3. The van der Waals surface area contributed by atoms with E-state index in [2.05, 4.69) is 20.4 Å². The third kappa shape index (κ3) is 3.74. The summed E-state index contributed by atoms with van der Waals surface area (Å²) in [7, 11) is 0. The van der Waals surface area contributed by atoms with E-state index in [1.807, 2.05) is 43.3 Å². The molecule has 138 valence electrons. The SMILES string of the molecule is CCOc1ccc(NC(=O)N2CC(c3nc(-c4ccncc4)no3)C2)cc1. The number of benzene rings is 1. The van der Waals surface area contributed by atoms with Crippen LogP contribution in [0.15, 0.2) is 53.3 Å². The molecule has 0 atom stereocenters. The predicted octanol–water partition coefficient (Wildman–Crippen LogP) is 3.16. The van der Waals surface area contributed by atoms with Crippen molar-refractivity contribution in [1.29, 1.82) is 0 Å². The zero-order valence-corrected chi connectivity index (χ0v) is 14.8. The van der Waals surface area contributed by atoms with Crippen LogP contribution in [0.4, 0.5) is 10.5 Å². The predicted molar refractivity (Wildman–Crippen MR) is 98.5 cm³/mol. The number of anilines is 1. The summed E-state index contributed by atoms with van der Waals surface area (Å²) < 4.78 is 10.7. The lowest BCUT2D eigenvalue weighted by Crippen LogP contribution is -2.50. The molecule has 1 aliphatic rings. The van der Waals surface area contributed by atoms with Gasteiger partial charge in [0.2, 0.25) is 11.7 Å². The van der Waals surface area contributed by atoms with Gasteiger partial charge in [-0.3, -0.25) is 4.98 Å². The number of hydrogen-bond acceptors (Lipinski definition) is 6. The summed E-state index contributed by atoms with van der Waals surface area (Å²) in [4.78, 5) is 22.4. The monoisotopic (exact) mass is 365 g/mol. The molecule has 0 aliphatic carbocycles. The average molecular weight is 365 g/mol. The lowest BCUT2D eigenvalue weighted by molar-refractivity contribution is 0.147. The molecule has 1 N–H and O–H groups in total. The first-order valence-electron chi connectivity index (χ1n) is 8.75. The second-order valence-electron chi connectivity index (χ2n) is 6.18. The number of hydrogen-bond donors (Lipinski definition) is 1. The molecule has 0 saturated carbocycles. The highest BCUT2D eigenvalue weighted by molar-refractivity contribution is 5.90. The van der Waals surface area contributed by atoms with Crippen LogP contribution in [0.25, 0.3) is 11.4 Å². The third-order valence-electron chi connectivity index (χ3n) is 4.31. The Balaban J connectivity index is 1.31. The van der Waals surface area contributed by atoms with Gasteiger partial charge in [-0.2, -0.15) is 4.98 Å². The molecule has 0 unspecified atom stereocenters. The van der Waals surface area contributed by atoms with Crippen LogP contribution in [0.5, 0.6) is 5.75 Å². The molecule has 1 fully saturated rings. The number of pyridine rings is 1. The van der Waals surface area contributed by atoms with Crippen LogP contribution in [0.1, 0.15) is 18.7 Å². The van der Waals surface area contributed by atoms with E-state index in [4.69, 9.17) is 9.26 Å². The van der Waals surface area contributed by atoms with Crippen molar-refractivity contribution >= 4 is 11.7 Å². The van der Waals surface area contributed by atoms with Crippen molar-refractivity contribution in [3.8, 4) is 17.1 Å². The van der Waals surface area contributed by atoms with Gasteiger partial charge in [-0.05, 0) is 43.3 Å². The Hall–Kier alpha value is -3.42. The lowest BCUT2D eigenvalue weighted by atomic mass is 10.0. The lowest BCUT2D eigenvalue weighted by Gasteiger charge is -2.36. The molecule has 1 aliphatic heterocycles. The van der Waals surface area contributed by atoms with E-state index in [-0.39, 0.29) is 11.9 Å². The summed E-state index contributed by atoms with van der Waals surface area (Å²) in [5.41, 5.74) is 1.58. The molecule has 8 heteroatoms. The maximum absolute atomic E-state index is 12.3. The van der Waals surface area contributed by atoms with E-state index in [9.17, 15) is 4.79 Å². The summed E-state index contributed by atoms with van der Waals surface area (Å²) in [5, 5.41) is 6.88. The summed E-state index contributed by atoms with van der Waals surface area (Å²) in [6, 6.07) is 10.8. The molecule has 4 rings (SSSR count). The molecule has 8 nitrogen and oxygen atoms in total. The fourth-order valence-electron chi connectivity index (χ4n) is 2.82. The van der Waals surface area contributed by atoms with Crippen molar-refractivity contribution in [3.63, 3.8) is 0 Å². The van der Waals surface area contributed by atoms with Crippen molar-refractivity contribution in [1.82, 2.24) is 20.0 Å². The second kappa shape index (κ2) is 7.45. The smallest absolute Gasteiger partial charge is 0.321 e. The van der Waals surface area contributed by atoms with E-state index in [0.717, 1.165) is 17.0 Å². The molecule has 0 spiro atoms. The largest absolute Gasteiger partial charge is 0.494 e. The standard InChI is InChI=1S/C19H19N5O3/c1-2-26-16-5-3-15(4-6-16)21-19(25)24-11-14(12-24)18-22-17(23-27-18)13-7-9-20-10-8-13/h3-10,14H,2,11-12H2,1H3,(H,21,25). The molecular weight excluding hydrogens is 346 g/mol. The van der Waals surface area contributed by atoms with Crippen LogP contribution in [0.2, 0.25) is 0 Å². The van der Waals surface area contributed by atoms with Gasteiger partial charge in [-0.15, -0.1) is 0 Å². The average Bonchev–Trinajstić information content (AvgIpc) is 3.13. The number of amides is 2. The highest BCUT2D eigenvalue weighted by Gasteiger charge is 2.35. The number of rotatable bonds is 5. The maximum Gasteiger partial charge on any atom is 0.321 e. The number of nitrogens with one attached hydrogen (secondary N) is 1. The van der Waals surface area contributed by atoms with Crippen LogP contribution in [-0.4, -0.2) is 45.8 Å². The van der Waals surface area contributed by atoms with Gasteiger partial charge in [0.25, 0.3) is 0 Å². The number of carbonyl (C=O) groups excluding carboxylic acids is 1. The molecule has 2 aromatic heterocycles. The fourth-order valence-corrected chi connectivity index (χ4v) is 2.82. The molecule has 2 amide bonds. The number of carbonyl (C=O) groups is 1. The maximum atomic E-state index is 12.3. The van der Waals surface area contributed by atoms with E-state index in [1.54, 1.807) is 17.3 Å². The van der Waals surface area contributed by atoms with Crippen LogP contribution < -0.4 is 10.1 Å². The van der Waals surface area contributed by atoms with Gasteiger partial charge < -0.3 is 19.5 Å². The van der Waals surface area contributed by atoms with E-state index >= 15 is 0 Å². The summed E-state index contributed by atoms with van der Waals surface area (Å²) in [6.07, 6.45) is 3.36. The molecule has 3 heterocycles. The van der Waals surface area contributed by atoms with E-state index in [1.165, 1.54) is 0 Å². The number of likely N-dealkylation sites (tertiary alicyclic amines) is 1. The Labute approximate surface area is 156 Å². The van der Waals surface area contributed by atoms with Gasteiger partial charge in [-0.1, -0.05) is 5.16 Å². The Morgan fingerprint density at radius 2 is 1.96 bits per heavy atom. The van der Waals surface area contributed by atoms with Gasteiger partial charge in [0, 0.05) is 36.7 Å². The van der Waals surface area contributed by atoms with Crippen LogP contribution in [0, 0.1) is 0 Å². The Morgan fingerprint density at radius 3 is 2.67 bits per heavy atom. The second-order valence-corrected chi connectivity index (χ2v) is 6.18. The van der Waals surface area contributed by atoms with Gasteiger partial charge >= 0.3 is 6.03 Å². The molecule has 27 heavy (non-hydrogen) atoms. The van der Waals surface area contributed by atoms with Crippen molar-refractivity contribution in [2.24, 2.45) is 0 Å². The minimum Gasteiger partial charge on any atom is -0.494 e. The summed E-state index contributed by atoms with van der Waals surface area (Å²) in [6.45, 7) is 3.63. The summed E-state index contributed by atoms with van der Waals surface area (Å²) >= 11 is 0. The third-order valence-corrected chi connectivity index (χ3v) is 4.31. The van der Waals surface area contributed by atoms with Crippen molar-refractivity contribution < 1.29 is 14.1 Å². The first kappa shape index (κ1) is 17.0. The fraction of sp³-hybridized carbons (Fsp3) is 0.263.